The molecule has 0 aliphatic carbocycles. The van der Waals surface area contributed by atoms with Crippen molar-refractivity contribution >= 4 is 21.8 Å². The molecule has 1 N–H and O–H groups in total. The number of carbonyl (C=O) groups is 1. The van der Waals surface area contributed by atoms with Gasteiger partial charge in [0, 0.05) is 24.7 Å². The van der Waals surface area contributed by atoms with Crippen LogP contribution in [0.15, 0.2) is 28.7 Å². The molecule has 0 atom stereocenters. The molecular formula is C13H18BrNO3. The molecule has 0 unspecified atom stereocenters. The molecule has 0 aliphatic heterocycles. The van der Waals surface area contributed by atoms with E-state index in [1.54, 1.807) is 11.9 Å². The quantitative estimate of drug-likeness (QED) is 0.838. The minimum atomic E-state index is 0.0283. The predicted octanol–water partition coefficient (Wildman–Crippen LogP) is 2.06. The maximum absolute atomic E-state index is 11.7. The average Bonchev–Trinajstić information content (AvgIpc) is 2.38. The number of hydrogen-bond acceptors (Lipinski definition) is 3. The van der Waals surface area contributed by atoms with Gasteiger partial charge in [-0.2, -0.15) is 0 Å². The van der Waals surface area contributed by atoms with Crippen LogP contribution in [-0.2, 0) is 4.79 Å². The second-order valence-corrected chi connectivity index (χ2v) is 4.86. The van der Waals surface area contributed by atoms with Gasteiger partial charge in [-0.15, -0.1) is 0 Å². The Hall–Kier alpha value is -1.07. The van der Waals surface area contributed by atoms with Gasteiger partial charge in [-0.3, -0.25) is 4.79 Å². The molecule has 0 spiro atoms. The maximum Gasteiger partial charge on any atom is 0.225 e. The summed E-state index contributed by atoms with van der Waals surface area (Å²) in [6, 6.07) is 7.49. The number of aliphatic hydroxyl groups excluding tert-OH is 1. The van der Waals surface area contributed by atoms with Crippen molar-refractivity contribution in [2.75, 3.05) is 26.8 Å². The van der Waals surface area contributed by atoms with E-state index >= 15 is 0 Å². The first-order chi connectivity index (χ1) is 8.63. The van der Waals surface area contributed by atoms with Crippen molar-refractivity contribution in [3.8, 4) is 5.75 Å². The van der Waals surface area contributed by atoms with Gasteiger partial charge in [-0.1, -0.05) is 15.9 Å². The lowest BCUT2D eigenvalue weighted by molar-refractivity contribution is -0.130. The number of benzene rings is 1. The Morgan fingerprint density at radius 2 is 2.06 bits per heavy atom. The Morgan fingerprint density at radius 3 is 2.67 bits per heavy atom. The number of halogens is 1. The first kappa shape index (κ1) is 15.0. The van der Waals surface area contributed by atoms with E-state index in [0.717, 1.165) is 10.2 Å². The van der Waals surface area contributed by atoms with Gasteiger partial charge in [-0.05, 0) is 30.7 Å². The van der Waals surface area contributed by atoms with E-state index in [1.807, 2.05) is 24.3 Å². The first-order valence-corrected chi connectivity index (χ1v) is 6.66. The van der Waals surface area contributed by atoms with Crippen LogP contribution in [-0.4, -0.2) is 42.7 Å². The fraction of sp³-hybridized carbons (Fsp3) is 0.462. The molecule has 1 amide bonds. The minimum Gasteiger partial charge on any atom is -0.493 e. The lowest BCUT2D eigenvalue weighted by Gasteiger charge is -2.16. The zero-order valence-corrected chi connectivity index (χ0v) is 12.0. The number of nitrogens with zero attached hydrogens (tertiary/aromatic N) is 1. The van der Waals surface area contributed by atoms with Crippen LogP contribution in [0.2, 0.25) is 0 Å². The van der Waals surface area contributed by atoms with Crippen molar-refractivity contribution in [1.29, 1.82) is 0 Å². The molecule has 0 aromatic heterocycles. The summed E-state index contributed by atoms with van der Waals surface area (Å²) in [5.41, 5.74) is 0. The van der Waals surface area contributed by atoms with E-state index in [9.17, 15) is 4.79 Å². The summed E-state index contributed by atoms with van der Waals surface area (Å²) in [7, 11) is 1.73. The second kappa shape index (κ2) is 8.11. The van der Waals surface area contributed by atoms with E-state index in [-0.39, 0.29) is 12.5 Å². The molecule has 0 heterocycles. The average molecular weight is 316 g/mol. The number of rotatable bonds is 7. The van der Waals surface area contributed by atoms with E-state index in [4.69, 9.17) is 9.84 Å². The van der Waals surface area contributed by atoms with Gasteiger partial charge in [0.1, 0.15) is 5.75 Å². The first-order valence-electron chi connectivity index (χ1n) is 5.86. The summed E-state index contributed by atoms with van der Waals surface area (Å²) in [6.45, 7) is 1.05. The largest absolute Gasteiger partial charge is 0.493 e. The molecule has 0 saturated carbocycles. The molecule has 5 heteroatoms. The van der Waals surface area contributed by atoms with E-state index in [2.05, 4.69) is 15.9 Å². The minimum absolute atomic E-state index is 0.0283. The van der Waals surface area contributed by atoms with Crippen LogP contribution in [0, 0.1) is 0 Å². The van der Waals surface area contributed by atoms with Gasteiger partial charge in [0.15, 0.2) is 0 Å². The van der Waals surface area contributed by atoms with Crippen molar-refractivity contribution in [3.05, 3.63) is 28.7 Å². The van der Waals surface area contributed by atoms with Gasteiger partial charge in [0.25, 0.3) is 0 Å². The molecule has 1 rings (SSSR count). The molecule has 4 nitrogen and oxygen atoms in total. The van der Waals surface area contributed by atoms with Crippen LogP contribution in [0.5, 0.6) is 5.75 Å². The van der Waals surface area contributed by atoms with Gasteiger partial charge >= 0.3 is 0 Å². The molecule has 1 aromatic carbocycles. The number of ether oxygens (including phenoxy) is 1. The van der Waals surface area contributed by atoms with E-state index in [1.165, 1.54) is 0 Å². The van der Waals surface area contributed by atoms with Crippen molar-refractivity contribution in [2.45, 2.75) is 12.8 Å². The molecular weight excluding hydrogens is 298 g/mol. The van der Waals surface area contributed by atoms with Crippen molar-refractivity contribution in [1.82, 2.24) is 4.90 Å². The van der Waals surface area contributed by atoms with Gasteiger partial charge in [0.2, 0.25) is 5.91 Å². The van der Waals surface area contributed by atoms with Gasteiger partial charge in [-0.25, -0.2) is 0 Å². The smallest absolute Gasteiger partial charge is 0.225 e. The summed E-state index contributed by atoms with van der Waals surface area (Å²) in [6.07, 6.45) is 0.952. The van der Waals surface area contributed by atoms with Crippen LogP contribution in [0.3, 0.4) is 0 Å². The maximum atomic E-state index is 11.7. The third kappa shape index (κ3) is 5.51. The third-order valence-electron chi connectivity index (χ3n) is 2.48. The Kier molecular flexibility index (Phi) is 6.75. The summed E-state index contributed by atoms with van der Waals surface area (Å²) >= 11 is 3.34. The van der Waals surface area contributed by atoms with Crippen molar-refractivity contribution < 1.29 is 14.6 Å². The Labute approximate surface area is 116 Å². The molecule has 0 bridgehead atoms. The molecule has 0 fully saturated rings. The normalized spacial score (nSPS) is 10.2. The summed E-state index contributed by atoms with van der Waals surface area (Å²) in [5.74, 6) is 0.782. The number of aliphatic hydroxyl groups is 1. The summed E-state index contributed by atoms with van der Waals surface area (Å²) < 4.78 is 6.46. The number of carbonyl (C=O) groups excluding carboxylic acids is 1. The van der Waals surface area contributed by atoms with Crippen LogP contribution < -0.4 is 4.74 Å². The van der Waals surface area contributed by atoms with E-state index < -0.39 is 0 Å². The second-order valence-electron chi connectivity index (χ2n) is 3.94. The molecule has 100 valence electrons. The Balaban J connectivity index is 2.24. The summed E-state index contributed by atoms with van der Waals surface area (Å²) in [4.78, 5) is 13.3. The van der Waals surface area contributed by atoms with Crippen LogP contribution in [0.25, 0.3) is 0 Å². The highest BCUT2D eigenvalue weighted by atomic mass is 79.9. The monoisotopic (exact) mass is 315 g/mol. The SMILES string of the molecule is CN(CCCO)C(=O)CCOc1ccc(Br)cc1. The highest BCUT2D eigenvalue weighted by Gasteiger charge is 2.08. The zero-order chi connectivity index (χ0) is 13.4. The fourth-order valence-corrected chi connectivity index (χ4v) is 1.67. The molecule has 0 aliphatic rings. The lowest BCUT2D eigenvalue weighted by atomic mass is 10.3. The van der Waals surface area contributed by atoms with Gasteiger partial charge < -0.3 is 14.7 Å². The highest BCUT2D eigenvalue weighted by Crippen LogP contribution is 2.16. The third-order valence-corrected chi connectivity index (χ3v) is 3.00. The predicted molar refractivity (Wildman–Crippen MR) is 73.6 cm³/mol. The molecule has 0 saturated heterocycles. The van der Waals surface area contributed by atoms with Gasteiger partial charge in [0.05, 0.1) is 13.0 Å². The zero-order valence-electron chi connectivity index (χ0n) is 10.4. The molecule has 1 aromatic rings. The van der Waals surface area contributed by atoms with Crippen LogP contribution in [0.1, 0.15) is 12.8 Å². The lowest BCUT2D eigenvalue weighted by Crippen LogP contribution is -2.29. The Bertz CT molecular complexity index is 367. The standard InChI is InChI=1S/C13H18BrNO3/c1-15(8-2-9-16)13(17)7-10-18-12-5-3-11(14)4-6-12/h3-6,16H,2,7-10H2,1H3. The van der Waals surface area contributed by atoms with Crippen molar-refractivity contribution in [3.63, 3.8) is 0 Å². The van der Waals surface area contributed by atoms with Crippen molar-refractivity contribution in [2.24, 2.45) is 0 Å². The Morgan fingerprint density at radius 1 is 1.39 bits per heavy atom. The fourth-order valence-electron chi connectivity index (χ4n) is 1.41. The topological polar surface area (TPSA) is 49.8 Å². The van der Waals surface area contributed by atoms with Crippen LogP contribution in [0.4, 0.5) is 0 Å². The molecule has 0 radical (unpaired) electrons. The highest BCUT2D eigenvalue weighted by molar-refractivity contribution is 9.10. The summed E-state index contributed by atoms with van der Waals surface area (Å²) in [5, 5.41) is 8.68. The number of hydrogen-bond donors (Lipinski definition) is 1. The van der Waals surface area contributed by atoms with Crippen LogP contribution >= 0.6 is 15.9 Å². The number of amides is 1. The van der Waals surface area contributed by atoms with E-state index in [0.29, 0.717) is 26.0 Å². The molecule has 18 heavy (non-hydrogen) atoms.